The fourth-order valence-corrected chi connectivity index (χ4v) is 5.16. The quantitative estimate of drug-likeness (QED) is 0.406. The molecule has 2 heterocycles. The van der Waals surface area contributed by atoms with Crippen LogP contribution in [0.25, 0.3) is 0 Å². The maximum absolute atomic E-state index is 13.6. The lowest BCUT2D eigenvalue weighted by Gasteiger charge is -2.42. The molecule has 2 aliphatic rings. The van der Waals surface area contributed by atoms with E-state index in [0.29, 0.717) is 45.2 Å². The summed E-state index contributed by atoms with van der Waals surface area (Å²) in [4.78, 5) is 56.7. The smallest absolute Gasteiger partial charge is 0.410 e. The van der Waals surface area contributed by atoms with Gasteiger partial charge in [-0.2, -0.15) is 0 Å². The standard InChI is InChI=1S/C31H47N3O7/c1-30(2,3)40-27(36)32(7)24-13-14-25(34(20-24)29(38)41-31(4,5)6)26(35)19-22-15-17-33(18-16-22)28(37)39-21-23-11-9-8-10-12-23/h8-12,22,24-25H,13-21H2,1-7H3/t24-,25?/m1/s1. The highest BCUT2D eigenvalue weighted by atomic mass is 16.6. The highest BCUT2D eigenvalue weighted by Crippen LogP contribution is 2.29. The summed E-state index contributed by atoms with van der Waals surface area (Å²) < 4.78 is 16.6. The number of likely N-dealkylation sites (N-methyl/N-ethyl adjacent to an activating group) is 1. The van der Waals surface area contributed by atoms with Crippen LogP contribution >= 0.6 is 0 Å². The third-order valence-corrected chi connectivity index (χ3v) is 7.35. The van der Waals surface area contributed by atoms with Crippen molar-refractivity contribution in [2.24, 2.45) is 5.92 Å². The van der Waals surface area contributed by atoms with E-state index in [-0.39, 0.29) is 37.0 Å². The predicted molar refractivity (Wildman–Crippen MR) is 154 cm³/mol. The van der Waals surface area contributed by atoms with Crippen molar-refractivity contribution in [3.63, 3.8) is 0 Å². The SMILES string of the molecule is CN(C(=O)OC(C)(C)C)[C@@H]1CCC(C(=O)CC2CCN(C(=O)OCc3ccccc3)CC2)N(C(=O)OC(C)(C)C)C1. The number of ketones is 1. The molecule has 10 nitrogen and oxygen atoms in total. The van der Waals surface area contributed by atoms with Gasteiger partial charge < -0.3 is 24.0 Å². The van der Waals surface area contributed by atoms with Crippen LogP contribution < -0.4 is 0 Å². The molecule has 1 aromatic carbocycles. The van der Waals surface area contributed by atoms with Crippen LogP contribution in [0.15, 0.2) is 30.3 Å². The van der Waals surface area contributed by atoms with E-state index in [9.17, 15) is 19.2 Å². The molecule has 0 aromatic heterocycles. The second-order valence-corrected chi connectivity index (χ2v) is 13.1. The fraction of sp³-hybridized carbons (Fsp3) is 0.677. The second-order valence-electron chi connectivity index (χ2n) is 13.1. The molecule has 0 radical (unpaired) electrons. The van der Waals surface area contributed by atoms with E-state index in [1.807, 2.05) is 30.3 Å². The van der Waals surface area contributed by atoms with Crippen molar-refractivity contribution in [2.75, 3.05) is 26.7 Å². The summed E-state index contributed by atoms with van der Waals surface area (Å²) >= 11 is 0. The first-order valence-corrected chi connectivity index (χ1v) is 14.6. The van der Waals surface area contributed by atoms with E-state index in [2.05, 4.69) is 0 Å². The number of carbonyl (C=O) groups is 4. The van der Waals surface area contributed by atoms with Crippen LogP contribution in [0.2, 0.25) is 0 Å². The minimum absolute atomic E-state index is 0.0145. The Morgan fingerprint density at radius 3 is 2.05 bits per heavy atom. The fourth-order valence-electron chi connectivity index (χ4n) is 5.16. The van der Waals surface area contributed by atoms with Gasteiger partial charge in [0.15, 0.2) is 5.78 Å². The molecule has 10 heteroatoms. The van der Waals surface area contributed by atoms with Crippen LogP contribution in [0.5, 0.6) is 0 Å². The Kier molecular flexibility index (Phi) is 10.7. The van der Waals surface area contributed by atoms with Crippen molar-refractivity contribution in [3.8, 4) is 0 Å². The van der Waals surface area contributed by atoms with E-state index in [0.717, 1.165) is 5.56 Å². The van der Waals surface area contributed by atoms with Gasteiger partial charge in [-0.25, -0.2) is 14.4 Å². The molecule has 228 valence electrons. The first kappa shape index (κ1) is 32.2. The molecular weight excluding hydrogens is 526 g/mol. The van der Waals surface area contributed by atoms with Gasteiger partial charge in [0.2, 0.25) is 0 Å². The number of likely N-dealkylation sites (tertiary alicyclic amines) is 2. The van der Waals surface area contributed by atoms with Crippen molar-refractivity contribution in [1.29, 1.82) is 0 Å². The average molecular weight is 574 g/mol. The lowest BCUT2D eigenvalue weighted by molar-refractivity contribution is -0.127. The number of piperidine rings is 2. The van der Waals surface area contributed by atoms with Gasteiger partial charge in [-0.15, -0.1) is 0 Å². The van der Waals surface area contributed by atoms with Gasteiger partial charge in [-0.05, 0) is 78.7 Å². The molecule has 0 N–H and O–H groups in total. The number of carbonyl (C=O) groups excluding carboxylic acids is 4. The highest BCUT2D eigenvalue weighted by molar-refractivity contribution is 5.88. The van der Waals surface area contributed by atoms with Crippen molar-refractivity contribution < 1.29 is 33.4 Å². The Morgan fingerprint density at radius 2 is 1.46 bits per heavy atom. The van der Waals surface area contributed by atoms with E-state index in [1.165, 1.54) is 9.80 Å². The number of benzene rings is 1. The van der Waals surface area contributed by atoms with Gasteiger partial charge in [0.1, 0.15) is 17.8 Å². The minimum Gasteiger partial charge on any atom is -0.445 e. The predicted octanol–water partition coefficient (Wildman–Crippen LogP) is 5.63. The van der Waals surface area contributed by atoms with Gasteiger partial charge in [0.25, 0.3) is 0 Å². The molecule has 2 saturated heterocycles. The summed E-state index contributed by atoms with van der Waals surface area (Å²) in [6, 6.07) is 8.62. The van der Waals surface area contributed by atoms with E-state index in [1.54, 1.807) is 53.5 Å². The molecule has 0 saturated carbocycles. The number of nitrogens with zero attached hydrogens (tertiary/aromatic N) is 3. The molecule has 0 bridgehead atoms. The van der Waals surface area contributed by atoms with E-state index < -0.39 is 29.4 Å². The summed E-state index contributed by atoms with van der Waals surface area (Å²) in [6.07, 6.45) is 1.33. The van der Waals surface area contributed by atoms with Crippen molar-refractivity contribution in [2.45, 2.75) is 104 Å². The van der Waals surface area contributed by atoms with Crippen LogP contribution in [0.4, 0.5) is 14.4 Å². The summed E-state index contributed by atoms with van der Waals surface area (Å²) in [7, 11) is 1.66. The van der Waals surface area contributed by atoms with Crippen LogP contribution in [0.1, 0.15) is 79.2 Å². The molecule has 1 unspecified atom stereocenters. The summed E-state index contributed by atoms with van der Waals surface area (Å²) in [5.41, 5.74) is -0.434. The molecule has 3 amide bonds. The largest absolute Gasteiger partial charge is 0.445 e. The third-order valence-electron chi connectivity index (χ3n) is 7.35. The minimum atomic E-state index is -0.726. The lowest BCUT2D eigenvalue weighted by Crippen LogP contribution is -2.57. The Hall–Kier alpha value is -3.30. The van der Waals surface area contributed by atoms with Crippen molar-refractivity contribution in [3.05, 3.63) is 35.9 Å². The van der Waals surface area contributed by atoms with E-state index in [4.69, 9.17) is 14.2 Å². The van der Waals surface area contributed by atoms with Crippen LogP contribution in [-0.4, -0.2) is 88.7 Å². The second kappa shape index (κ2) is 13.6. The first-order chi connectivity index (χ1) is 19.1. The lowest BCUT2D eigenvalue weighted by atomic mass is 9.86. The van der Waals surface area contributed by atoms with Crippen LogP contribution in [0, 0.1) is 5.92 Å². The summed E-state index contributed by atoms with van der Waals surface area (Å²) in [5.74, 6) is 0.0997. The van der Waals surface area contributed by atoms with Gasteiger partial charge in [-0.1, -0.05) is 30.3 Å². The summed E-state index contributed by atoms with van der Waals surface area (Å²) in [6.45, 7) is 12.2. The zero-order chi connectivity index (χ0) is 30.4. The molecule has 3 rings (SSSR count). The number of hydrogen-bond donors (Lipinski definition) is 0. The first-order valence-electron chi connectivity index (χ1n) is 14.6. The average Bonchev–Trinajstić information content (AvgIpc) is 2.90. The normalized spacial score (nSPS) is 20.3. The zero-order valence-corrected chi connectivity index (χ0v) is 25.7. The topological polar surface area (TPSA) is 106 Å². The molecule has 2 atom stereocenters. The van der Waals surface area contributed by atoms with Crippen LogP contribution in [-0.2, 0) is 25.6 Å². The number of ether oxygens (including phenoxy) is 3. The molecule has 0 spiro atoms. The Labute approximate surface area is 244 Å². The third kappa shape index (κ3) is 9.93. The Balaban J connectivity index is 1.57. The number of hydrogen-bond acceptors (Lipinski definition) is 7. The summed E-state index contributed by atoms with van der Waals surface area (Å²) in [5, 5.41) is 0. The molecular formula is C31H47N3O7. The van der Waals surface area contributed by atoms with Crippen LogP contribution in [0.3, 0.4) is 0 Å². The number of rotatable bonds is 6. The molecule has 2 fully saturated rings. The molecule has 2 aliphatic heterocycles. The molecule has 0 aliphatic carbocycles. The van der Waals surface area contributed by atoms with Gasteiger partial charge in [0, 0.05) is 33.1 Å². The number of amides is 3. The Bertz CT molecular complexity index is 1060. The monoisotopic (exact) mass is 573 g/mol. The van der Waals surface area contributed by atoms with Gasteiger partial charge in [-0.3, -0.25) is 9.69 Å². The maximum Gasteiger partial charge on any atom is 0.410 e. The van der Waals surface area contributed by atoms with Crippen molar-refractivity contribution in [1.82, 2.24) is 14.7 Å². The molecule has 41 heavy (non-hydrogen) atoms. The zero-order valence-electron chi connectivity index (χ0n) is 25.7. The van der Waals surface area contributed by atoms with Gasteiger partial charge >= 0.3 is 18.3 Å². The van der Waals surface area contributed by atoms with E-state index >= 15 is 0 Å². The van der Waals surface area contributed by atoms with Gasteiger partial charge in [0.05, 0.1) is 12.1 Å². The highest BCUT2D eigenvalue weighted by Gasteiger charge is 2.41. The maximum atomic E-state index is 13.6. The number of Topliss-reactive ketones (excluding diaryl/α,β-unsaturated/α-hetero) is 1. The van der Waals surface area contributed by atoms with Crippen molar-refractivity contribution >= 4 is 24.1 Å². The molecule has 1 aromatic rings. The Morgan fingerprint density at radius 1 is 0.854 bits per heavy atom.